The molecule has 3 N–H and O–H groups in total. The molecule has 0 radical (unpaired) electrons. The molecular formula is C16H24N2O2. The summed E-state index contributed by atoms with van der Waals surface area (Å²) in [5.41, 5.74) is 6.85. The van der Waals surface area contributed by atoms with Gasteiger partial charge in [0, 0.05) is 6.04 Å². The topological polar surface area (TPSA) is 64.3 Å². The zero-order valence-electron chi connectivity index (χ0n) is 12.3. The van der Waals surface area contributed by atoms with Crippen LogP contribution in [0, 0.1) is 5.92 Å². The number of carbonyl (C=O) groups is 1. The van der Waals surface area contributed by atoms with E-state index in [4.69, 9.17) is 10.5 Å². The van der Waals surface area contributed by atoms with Gasteiger partial charge >= 0.3 is 0 Å². The van der Waals surface area contributed by atoms with Crippen molar-refractivity contribution in [1.29, 1.82) is 0 Å². The number of nitrogens with one attached hydrogen (secondary N) is 1. The summed E-state index contributed by atoms with van der Waals surface area (Å²) < 4.78 is 5.24. The standard InChI is InChI=1S/C16H24N2O2/c1-11-5-3-6-12(10-9-11)18-16(19)13-7-4-8-14(17)15(13)20-2/h4,7-8,11-12H,3,5-6,9-10,17H2,1-2H3,(H,18,19). The van der Waals surface area contributed by atoms with Crippen LogP contribution in [-0.4, -0.2) is 19.1 Å². The van der Waals surface area contributed by atoms with Crippen LogP contribution in [-0.2, 0) is 0 Å². The number of rotatable bonds is 3. The summed E-state index contributed by atoms with van der Waals surface area (Å²) in [5.74, 6) is 1.14. The summed E-state index contributed by atoms with van der Waals surface area (Å²) in [6, 6.07) is 5.54. The van der Waals surface area contributed by atoms with Crippen molar-refractivity contribution in [2.24, 2.45) is 5.92 Å². The van der Waals surface area contributed by atoms with Crippen molar-refractivity contribution in [2.45, 2.75) is 45.1 Å². The minimum absolute atomic E-state index is 0.0892. The summed E-state index contributed by atoms with van der Waals surface area (Å²) in [6.45, 7) is 2.28. The fourth-order valence-corrected chi connectivity index (χ4v) is 2.86. The number of methoxy groups -OCH3 is 1. The summed E-state index contributed by atoms with van der Waals surface area (Å²) in [7, 11) is 1.54. The minimum Gasteiger partial charge on any atom is -0.494 e. The zero-order chi connectivity index (χ0) is 14.5. The fourth-order valence-electron chi connectivity index (χ4n) is 2.86. The van der Waals surface area contributed by atoms with Crippen LogP contribution in [0.2, 0.25) is 0 Å². The van der Waals surface area contributed by atoms with Crippen LogP contribution in [0.4, 0.5) is 5.69 Å². The van der Waals surface area contributed by atoms with Crippen molar-refractivity contribution >= 4 is 11.6 Å². The number of hydrogen-bond donors (Lipinski definition) is 2. The minimum atomic E-state index is -0.0892. The monoisotopic (exact) mass is 276 g/mol. The van der Waals surface area contributed by atoms with Crippen LogP contribution in [0.15, 0.2) is 18.2 Å². The third-order valence-electron chi connectivity index (χ3n) is 4.09. The van der Waals surface area contributed by atoms with Crippen molar-refractivity contribution in [3.8, 4) is 5.75 Å². The van der Waals surface area contributed by atoms with Gasteiger partial charge in [-0.25, -0.2) is 0 Å². The third kappa shape index (κ3) is 3.44. The van der Waals surface area contributed by atoms with E-state index in [-0.39, 0.29) is 11.9 Å². The average molecular weight is 276 g/mol. The largest absolute Gasteiger partial charge is 0.494 e. The van der Waals surface area contributed by atoms with Crippen LogP contribution >= 0.6 is 0 Å². The van der Waals surface area contributed by atoms with E-state index in [9.17, 15) is 4.79 Å². The number of nitrogens with two attached hydrogens (primary N) is 1. The molecule has 0 heterocycles. The number of nitrogen functional groups attached to an aromatic ring is 1. The van der Waals surface area contributed by atoms with Gasteiger partial charge in [0.05, 0.1) is 18.4 Å². The molecule has 1 aromatic rings. The second kappa shape index (κ2) is 6.64. The van der Waals surface area contributed by atoms with E-state index >= 15 is 0 Å². The van der Waals surface area contributed by atoms with Crippen molar-refractivity contribution < 1.29 is 9.53 Å². The molecule has 2 rings (SSSR count). The number of carbonyl (C=O) groups excluding carboxylic acids is 1. The molecule has 1 saturated carbocycles. The third-order valence-corrected chi connectivity index (χ3v) is 4.09. The van der Waals surface area contributed by atoms with Gasteiger partial charge in [-0.05, 0) is 37.3 Å². The van der Waals surface area contributed by atoms with Gasteiger partial charge in [0.1, 0.15) is 0 Å². The van der Waals surface area contributed by atoms with Gasteiger partial charge in [0.2, 0.25) is 0 Å². The Bertz CT molecular complexity index is 474. The first-order valence-corrected chi connectivity index (χ1v) is 7.35. The van der Waals surface area contributed by atoms with Crippen LogP contribution in [0.3, 0.4) is 0 Å². The molecule has 1 aliphatic rings. The molecule has 2 unspecified atom stereocenters. The molecular weight excluding hydrogens is 252 g/mol. The summed E-state index contributed by atoms with van der Waals surface area (Å²) in [4.78, 5) is 12.4. The normalized spacial score (nSPS) is 22.9. The number of ether oxygens (including phenoxy) is 1. The molecule has 0 aliphatic heterocycles. The van der Waals surface area contributed by atoms with Gasteiger partial charge in [0.15, 0.2) is 5.75 Å². The first kappa shape index (κ1) is 14.7. The van der Waals surface area contributed by atoms with E-state index < -0.39 is 0 Å². The lowest BCUT2D eigenvalue weighted by Crippen LogP contribution is -2.34. The smallest absolute Gasteiger partial charge is 0.255 e. The number of benzene rings is 1. The van der Waals surface area contributed by atoms with E-state index in [1.807, 2.05) is 0 Å². The maximum Gasteiger partial charge on any atom is 0.255 e. The van der Waals surface area contributed by atoms with Gasteiger partial charge in [-0.2, -0.15) is 0 Å². The summed E-state index contributed by atoms with van der Waals surface area (Å²) in [5, 5.41) is 3.12. The van der Waals surface area contributed by atoms with Gasteiger partial charge in [-0.1, -0.05) is 25.8 Å². The summed E-state index contributed by atoms with van der Waals surface area (Å²) in [6.07, 6.45) is 5.73. The van der Waals surface area contributed by atoms with E-state index in [2.05, 4.69) is 12.2 Å². The molecule has 1 aromatic carbocycles. The Kier molecular flexibility index (Phi) is 4.88. The second-order valence-corrected chi connectivity index (χ2v) is 5.71. The first-order chi connectivity index (χ1) is 9.61. The van der Waals surface area contributed by atoms with E-state index in [0.717, 1.165) is 18.8 Å². The Balaban J connectivity index is 2.06. The molecule has 0 bridgehead atoms. The maximum absolute atomic E-state index is 12.4. The van der Waals surface area contributed by atoms with Gasteiger partial charge < -0.3 is 15.8 Å². The number of amides is 1. The number of hydrogen-bond acceptors (Lipinski definition) is 3. The Hall–Kier alpha value is -1.71. The lowest BCUT2D eigenvalue weighted by Gasteiger charge is -2.18. The fraction of sp³-hybridized carbons (Fsp3) is 0.562. The number of anilines is 1. The average Bonchev–Trinajstić information content (AvgIpc) is 2.63. The predicted octanol–water partition coefficient (Wildman–Crippen LogP) is 2.98. The highest BCUT2D eigenvalue weighted by Crippen LogP contribution is 2.27. The molecule has 1 aliphatic carbocycles. The Morgan fingerprint density at radius 3 is 2.85 bits per heavy atom. The number of para-hydroxylation sites is 1. The molecule has 2 atom stereocenters. The highest BCUT2D eigenvalue weighted by atomic mass is 16.5. The zero-order valence-corrected chi connectivity index (χ0v) is 12.3. The Morgan fingerprint density at radius 2 is 2.10 bits per heavy atom. The molecule has 1 fully saturated rings. The lowest BCUT2D eigenvalue weighted by molar-refractivity contribution is 0.0930. The predicted molar refractivity (Wildman–Crippen MR) is 80.9 cm³/mol. The molecule has 0 spiro atoms. The highest BCUT2D eigenvalue weighted by molar-refractivity contribution is 5.98. The quantitative estimate of drug-likeness (QED) is 0.659. The van der Waals surface area contributed by atoms with Crippen LogP contribution < -0.4 is 15.8 Å². The molecule has 4 heteroatoms. The van der Waals surface area contributed by atoms with E-state index in [1.54, 1.807) is 18.2 Å². The van der Waals surface area contributed by atoms with E-state index in [0.29, 0.717) is 17.0 Å². The van der Waals surface area contributed by atoms with Gasteiger partial charge in [-0.3, -0.25) is 4.79 Å². The van der Waals surface area contributed by atoms with Crippen molar-refractivity contribution in [1.82, 2.24) is 5.32 Å². The lowest BCUT2D eigenvalue weighted by atomic mass is 10.0. The molecule has 4 nitrogen and oxygen atoms in total. The summed E-state index contributed by atoms with van der Waals surface area (Å²) >= 11 is 0. The van der Waals surface area contributed by atoms with E-state index in [1.165, 1.54) is 26.4 Å². The van der Waals surface area contributed by atoms with Gasteiger partial charge in [0.25, 0.3) is 5.91 Å². The SMILES string of the molecule is COc1c(N)cccc1C(=O)NC1CCCC(C)CC1. The maximum atomic E-state index is 12.4. The van der Waals surface area contributed by atoms with Crippen molar-refractivity contribution in [3.05, 3.63) is 23.8 Å². The van der Waals surface area contributed by atoms with Crippen LogP contribution in [0.25, 0.3) is 0 Å². The molecule has 0 saturated heterocycles. The molecule has 0 aromatic heterocycles. The van der Waals surface area contributed by atoms with Crippen LogP contribution in [0.5, 0.6) is 5.75 Å². The molecule has 1 amide bonds. The van der Waals surface area contributed by atoms with Gasteiger partial charge in [-0.15, -0.1) is 0 Å². The highest BCUT2D eigenvalue weighted by Gasteiger charge is 2.20. The van der Waals surface area contributed by atoms with Crippen molar-refractivity contribution in [3.63, 3.8) is 0 Å². The Morgan fingerprint density at radius 1 is 1.30 bits per heavy atom. The Labute approximate surface area is 120 Å². The second-order valence-electron chi connectivity index (χ2n) is 5.71. The molecule has 110 valence electrons. The first-order valence-electron chi connectivity index (χ1n) is 7.35. The van der Waals surface area contributed by atoms with Crippen molar-refractivity contribution in [2.75, 3.05) is 12.8 Å². The van der Waals surface area contributed by atoms with Crippen LogP contribution in [0.1, 0.15) is 49.4 Å². The molecule has 20 heavy (non-hydrogen) atoms.